The van der Waals surface area contributed by atoms with Gasteiger partial charge < -0.3 is 9.47 Å². The molecule has 0 saturated heterocycles. The number of carbonyl (C=O) groups excluding carboxylic acids is 1. The molecule has 0 spiro atoms. The third-order valence-corrected chi connectivity index (χ3v) is 5.98. The van der Waals surface area contributed by atoms with Crippen LogP contribution in [0.25, 0.3) is 0 Å². The summed E-state index contributed by atoms with van der Waals surface area (Å²) in [6.45, 7) is 8.08. The highest BCUT2D eigenvalue weighted by atomic mass is 16.5. The monoisotopic (exact) mass is 442 g/mol. The molecule has 168 valence electrons. The van der Waals surface area contributed by atoms with Gasteiger partial charge in [0.15, 0.2) is 0 Å². The van der Waals surface area contributed by atoms with Gasteiger partial charge in [0.1, 0.15) is 17.6 Å². The number of esters is 1. The molecule has 2 heterocycles. The Kier molecular flexibility index (Phi) is 6.10. The van der Waals surface area contributed by atoms with Crippen molar-refractivity contribution in [1.82, 2.24) is 15.0 Å². The van der Waals surface area contributed by atoms with E-state index in [-0.39, 0.29) is 23.2 Å². The maximum Gasteiger partial charge on any atom is 0.311 e. The third kappa shape index (κ3) is 4.70. The Balaban J connectivity index is 1.47. The molecule has 0 aliphatic heterocycles. The first-order valence-corrected chi connectivity index (χ1v) is 10.9. The van der Waals surface area contributed by atoms with Crippen LogP contribution in [0.3, 0.4) is 0 Å². The molecule has 0 radical (unpaired) electrons. The van der Waals surface area contributed by atoms with Crippen molar-refractivity contribution in [3.63, 3.8) is 0 Å². The topological polar surface area (TPSA) is 98.0 Å². The molecule has 3 atom stereocenters. The minimum Gasteiger partial charge on any atom is -0.440 e. The first-order chi connectivity index (χ1) is 15.8. The highest BCUT2D eigenvalue weighted by Crippen LogP contribution is 2.64. The summed E-state index contributed by atoms with van der Waals surface area (Å²) < 4.78 is 11.3. The molecule has 1 aliphatic rings. The van der Waals surface area contributed by atoms with Crippen molar-refractivity contribution in [3.05, 3.63) is 78.0 Å². The maximum absolute atomic E-state index is 13.0. The number of ether oxygens (including phenoxy) is 2. The largest absolute Gasteiger partial charge is 0.440 e. The highest BCUT2D eigenvalue weighted by Gasteiger charge is 2.63. The van der Waals surface area contributed by atoms with Gasteiger partial charge in [0, 0.05) is 30.3 Å². The van der Waals surface area contributed by atoms with Crippen LogP contribution in [0, 0.1) is 22.7 Å². The van der Waals surface area contributed by atoms with Gasteiger partial charge in [-0.3, -0.25) is 4.79 Å². The molecular weight excluding hydrogens is 416 g/mol. The second-order valence-corrected chi connectivity index (χ2v) is 9.07. The fraction of sp³-hybridized carbons (Fsp3) is 0.346. The number of pyridine rings is 1. The van der Waals surface area contributed by atoms with Gasteiger partial charge in [-0.25, -0.2) is 15.0 Å². The number of para-hydroxylation sites is 1. The summed E-state index contributed by atoms with van der Waals surface area (Å²) in [7, 11) is 0. The van der Waals surface area contributed by atoms with E-state index in [1.165, 1.54) is 0 Å². The number of nitrogens with zero attached hydrogens (tertiary/aromatic N) is 4. The zero-order valence-corrected chi connectivity index (χ0v) is 19.1. The van der Waals surface area contributed by atoms with Gasteiger partial charge in [-0.1, -0.05) is 52.0 Å². The van der Waals surface area contributed by atoms with E-state index in [9.17, 15) is 10.1 Å². The van der Waals surface area contributed by atoms with Crippen molar-refractivity contribution in [2.75, 3.05) is 0 Å². The third-order valence-electron chi connectivity index (χ3n) is 5.98. The van der Waals surface area contributed by atoms with E-state index in [1.54, 1.807) is 30.6 Å². The SMILES string of the molecule is CC(C)c1ncc([C@H]2[C@H](C(=O)OC(C#N)c3cccc(Oc4ccccc4)n3)C2(C)C)cn1. The average Bonchev–Trinajstić information content (AvgIpc) is 3.40. The second-order valence-electron chi connectivity index (χ2n) is 9.07. The fourth-order valence-electron chi connectivity index (χ4n) is 4.09. The fourth-order valence-corrected chi connectivity index (χ4v) is 4.09. The lowest BCUT2D eigenvalue weighted by Gasteiger charge is -2.12. The van der Waals surface area contributed by atoms with Gasteiger partial charge in [0.2, 0.25) is 12.0 Å². The Morgan fingerprint density at radius 2 is 1.76 bits per heavy atom. The van der Waals surface area contributed by atoms with Crippen LogP contribution in [0.4, 0.5) is 0 Å². The van der Waals surface area contributed by atoms with Gasteiger partial charge in [0.25, 0.3) is 0 Å². The summed E-state index contributed by atoms with van der Waals surface area (Å²) in [5, 5.41) is 9.68. The van der Waals surface area contributed by atoms with E-state index < -0.39 is 12.1 Å². The Morgan fingerprint density at radius 1 is 1.06 bits per heavy atom. The molecule has 7 nitrogen and oxygen atoms in total. The van der Waals surface area contributed by atoms with E-state index in [0.717, 1.165) is 11.4 Å². The average molecular weight is 443 g/mol. The summed E-state index contributed by atoms with van der Waals surface area (Å²) in [5.74, 6) is 1.07. The number of rotatable bonds is 7. The maximum atomic E-state index is 13.0. The van der Waals surface area contributed by atoms with E-state index >= 15 is 0 Å². The molecule has 0 N–H and O–H groups in total. The van der Waals surface area contributed by atoms with Gasteiger partial charge in [0.05, 0.1) is 11.6 Å². The van der Waals surface area contributed by atoms with E-state index in [1.807, 2.05) is 64.1 Å². The predicted octanol–water partition coefficient (Wildman–Crippen LogP) is 5.33. The van der Waals surface area contributed by atoms with Crippen LogP contribution in [-0.2, 0) is 9.53 Å². The highest BCUT2D eigenvalue weighted by molar-refractivity contribution is 5.80. The van der Waals surface area contributed by atoms with Crippen molar-refractivity contribution in [2.45, 2.75) is 45.6 Å². The first-order valence-electron chi connectivity index (χ1n) is 10.9. The Labute approximate surface area is 193 Å². The predicted molar refractivity (Wildman–Crippen MR) is 121 cm³/mol. The normalized spacial score (nSPS) is 19.4. The minimum atomic E-state index is -1.13. The Bertz CT molecular complexity index is 1170. The van der Waals surface area contributed by atoms with Gasteiger partial charge in [-0.05, 0) is 29.2 Å². The van der Waals surface area contributed by atoms with E-state index in [4.69, 9.17) is 9.47 Å². The van der Waals surface area contributed by atoms with Crippen LogP contribution in [-0.4, -0.2) is 20.9 Å². The van der Waals surface area contributed by atoms with Crippen molar-refractivity contribution >= 4 is 5.97 Å². The van der Waals surface area contributed by atoms with Crippen molar-refractivity contribution in [2.24, 2.45) is 11.3 Å². The molecule has 1 aromatic carbocycles. The molecule has 1 fully saturated rings. The number of hydrogen-bond donors (Lipinski definition) is 0. The summed E-state index contributed by atoms with van der Waals surface area (Å²) >= 11 is 0. The number of aromatic nitrogens is 3. The number of carbonyl (C=O) groups is 1. The molecule has 1 saturated carbocycles. The van der Waals surface area contributed by atoms with E-state index in [2.05, 4.69) is 15.0 Å². The van der Waals surface area contributed by atoms with Crippen molar-refractivity contribution in [1.29, 1.82) is 5.26 Å². The van der Waals surface area contributed by atoms with Crippen LogP contribution < -0.4 is 4.74 Å². The molecule has 33 heavy (non-hydrogen) atoms. The smallest absolute Gasteiger partial charge is 0.311 e. The standard InChI is InChI=1S/C26H26N4O3/c1-16(2)24-28-14-17(15-29-24)22-23(26(22,3)4)25(31)33-20(13-27)19-11-8-12-21(30-19)32-18-9-6-5-7-10-18/h5-12,14-16,20,22-23H,1-4H3/t20?,22-,23+/m0/s1. The van der Waals surface area contributed by atoms with Crippen molar-refractivity contribution in [3.8, 4) is 17.7 Å². The van der Waals surface area contributed by atoms with E-state index in [0.29, 0.717) is 17.3 Å². The molecule has 2 aromatic heterocycles. The summed E-state index contributed by atoms with van der Waals surface area (Å²) in [6, 6.07) is 16.3. The molecule has 1 unspecified atom stereocenters. The lowest BCUT2D eigenvalue weighted by molar-refractivity contribution is -0.149. The number of benzene rings is 1. The zero-order chi connectivity index (χ0) is 23.6. The molecule has 0 bridgehead atoms. The van der Waals surface area contributed by atoms with Gasteiger partial charge in [-0.2, -0.15) is 5.26 Å². The molecule has 4 rings (SSSR count). The van der Waals surface area contributed by atoms with Gasteiger partial charge in [-0.15, -0.1) is 0 Å². The van der Waals surface area contributed by atoms with Crippen LogP contribution in [0.5, 0.6) is 11.6 Å². The molecule has 7 heteroatoms. The number of hydrogen-bond acceptors (Lipinski definition) is 7. The Morgan fingerprint density at radius 3 is 2.39 bits per heavy atom. The van der Waals surface area contributed by atoms with Crippen LogP contribution in [0.15, 0.2) is 60.9 Å². The minimum absolute atomic E-state index is 0.0636. The molecule has 1 aliphatic carbocycles. The molecule has 3 aromatic rings. The van der Waals surface area contributed by atoms with Crippen molar-refractivity contribution < 1.29 is 14.3 Å². The lowest BCUT2D eigenvalue weighted by atomic mass is 10.1. The summed E-state index contributed by atoms with van der Waals surface area (Å²) in [6.07, 6.45) is 2.44. The quantitative estimate of drug-likeness (QED) is 0.456. The van der Waals surface area contributed by atoms with Crippen LogP contribution >= 0.6 is 0 Å². The Hall–Kier alpha value is -3.79. The zero-order valence-electron chi connectivity index (χ0n) is 19.1. The lowest BCUT2D eigenvalue weighted by Crippen LogP contribution is -2.15. The number of nitriles is 1. The molecular formula is C26H26N4O3. The summed E-state index contributed by atoms with van der Waals surface area (Å²) in [5.41, 5.74) is 0.904. The van der Waals surface area contributed by atoms with Crippen LogP contribution in [0.2, 0.25) is 0 Å². The van der Waals surface area contributed by atoms with Crippen LogP contribution in [0.1, 0.15) is 62.7 Å². The summed E-state index contributed by atoms with van der Waals surface area (Å²) in [4.78, 5) is 26.3. The first kappa shape index (κ1) is 22.4. The molecule has 0 amide bonds. The second kappa shape index (κ2) is 8.99. The van der Waals surface area contributed by atoms with Gasteiger partial charge >= 0.3 is 5.97 Å².